The summed E-state index contributed by atoms with van der Waals surface area (Å²) in [7, 11) is 0. The standard InChI is InChI=1S/C19H26N6O/c1-4-16-17(5-2)24-25-18(23-16)20-12(3)13-6-8-14(9-7-13)21-19(26)22-15-10-11-15/h6-9,12,15H,4-5,10-11H2,1-3H3,(H,20,23,25)(H2,21,22,26). The van der Waals surface area contributed by atoms with Gasteiger partial charge in [-0.3, -0.25) is 0 Å². The molecule has 0 aliphatic heterocycles. The predicted molar refractivity (Wildman–Crippen MR) is 102 cm³/mol. The van der Waals surface area contributed by atoms with E-state index in [1.807, 2.05) is 31.2 Å². The molecule has 138 valence electrons. The van der Waals surface area contributed by atoms with E-state index in [0.29, 0.717) is 12.0 Å². The first-order valence-corrected chi connectivity index (χ1v) is 9.25. The van der Waals surface area contributed by atoms with Crippen LogP contribution in [-0.2, 0) is 12.8 Å². The minimum absolute atomic E-state index is 0.0309. The van der Waals surface area contributed by atoms with E-state index in [-0.39, 0.29) is 12.1 Å². The minimum Gasteiger partial charge on any atom is -0.346 e. The Morgan fingerprint density at radius 3 is 2.42 bits per heavy atom. The van der Waals surface area contributed by atoms with Crippen LogP contribution in [-0.4, -0.2) is 27.3 Å². The highest BCUT2D eigenvalue weighted by molar-refractivity contribution is 5.89. The zero-order valence-corrected chi connectivity index (χ0v) is 15.5. The Morgan fingerprint density at radius 2 is 1.81 bits per heavy atom. The second-order valence-electron chi connectivity index (χ2n) is 6.60. The van der Waals surface area contributed by atoms with Gasteiger partial charge in [-0.05, 0) is 50.3 Å². The van der Waals surface area contributed by atoms with Gasteiger partial charge < -0.3 is 16.0 Å². The quantitative estimate of drug-likeness (QED) is 0.708. The molecule has 0 saturated heterocycles. The van der Waals surface area contributed by atoms with Gasteiger partial charge in [-0.15, -0.1) is 5.10 Å². The lowest BCUT2D eigenvalue weighted by molar-refractivity contribution is 0.251. The normalized spacial score (nSPS) is 14.6. The summed E-state index contributed by atoms with van der Waals surface area (Å²) in [6.45, 7) is 6.17. The fraction of sp³-hybridized carbons (Fsp3) is 0.474. The number of benzene rings is 1. The Labute approximate surface area is 154 Å². The van der Waals surface area contributed by atoms with Crippen LogP contribution in [0.2, 0.25) is 0 Å². The Balaban J connectivity index is 1.60. The van der Waals surface area contributed by atoms with E-state index in [4.69, 9.17) is 0 Å². The average Bonchev–Trinajstić information content (AvgIpc) is 3.45. The summed E-state index contributed by atoms with van der Waals surface area (Å²) in [5.74, 6) is 0.539. The molecule has 0 radical (unpaired) electrons. The summed E-state index contributed by atoms with van der Waals surface area (Å²) >= 11 is 0. The van der Waals surface area contributed by atoms with Crippen molar-refractivity contribution in [2.75, 3.05) is 10.6 Å². The third-order valence-corrected chi connectivity index (χ3v) is 4.44. The summed E-state index contributed by atoms with van der Waals surface area (Å²) in [4.78, 5) is 16.3. The molecular formula is C19H26N6O. The molecule has 0 spiro atoms. The molecule has 2 amide bonds. The van der Waals surface area contributed by atoms with E-state index in [9.17, 15) is 4.79 Å². The second kappa shape index (κ2) is 8.12. The van der Waals surface area contributed by atoms with Gasteiger partial charge in [-0.25, -0.2) is 9.78 Å². The molecule has 1 unspecified atom stereocenters. The van der Waals surface area contributed by atoms with Crippen LogP contribution in [0.5, 0.6) is 0 Å². The highest BCUT2D eigenvalue weighted by Crippen LogP contribution is 2.21. The number of nitrogens with zero attached hydrogens (tertiary/aromatic N) is 3. The van der Waals surface area contributed by atoms with Crippen LogP contribution in [0.25, 0.3) is 0 Å². The van der Waals surface area contributed by atoms with Gasteiger partial charge in [0, 0.05) is 11.7 Å². The van der Waals surface area contributed by atoms with Crippen LogP contribution < -0.4 is 16.0 Å². The molecule has 3 rings (SSSR count). The zero-order chi connectivity index (χ0) is 18.5. The fourth-order valence-corrected chi connectivity index (χ4v) is 2.71. The molecule has 7 heteroatoms. The molecule has 1 aromatic heterocycles. The number of hydrogen-bond acceptors (Lipinski definition) is 5. The van der Waals surface area contributed by atoms with E-state index in [0.717, 1.165) is 48.3 Å². The van der Waals surface area contributed by atoms with Gasteiger partial charge in [0.05, 0.1) is 17.4 Å². The summed E-state index contributed by atoms with van der Waals surface area (Å²) in [5, 5.41) is 17.5. The average molecular weight is 354 g/mol. The van der Waals surface area contributed by atoms with Crippen molar-refractivity contribution in [3.63, 3.8) is 0 Å². The fourth-order valence-electron chi connectivity index (χ4n) is 2.71. The maximum atomic E-state index is 11.8. The van der Waals surface area contributed by atoms with E-state index in [1.165, 1.54) is 0 Å². The SMILES string of the molecule is CCc1nnc(NC(C)c2ccc(NC(=O)NC3CC3)cc2)nc1CC. The molecular weight excluding hydrogens is 328 g/mol. The molecule has 7 nitrogen and oxygen atoms in total. The first kappa shape index (κ1) is 18.1. The molecule has 1 heterocycles. The van der Waals surface area contributed by atoms with Crippen LogP contribution in [0.15, 0.2) is 24.3 Å². The lowest BCUT2D eigenvalue weighted by Gasteiger charge is -2.15. The number of anilines is 2. The van der Waals surface area contributed by atoms with E-state index >= 15 is 0 Å². The highest BCUT2D eigenvalue weighted by Gasteiger charge is 2.23. The van der Waals surface area contributed by atoms with Crippen molar-refractivity contribution in [3.8, 4) is 0 Å². The first-order valence-electron chi connectivity index (χ1n) is 9.25. The zero-order valence-electron chi connectivity index (χ0n) is 15.5. The monoisotopic (exact) mass is 354 g/mol. The Morgan fingerprint density at radius 1 is 1.12 bits per heavy atom. The molecule has 1 aromatic carbocycles. The maximum absolute atomic E-state index is 11.8. The highest BCUT2D eigenvalue weighted by atomic mass is 16.2. The molecule has 26 heavy (non-hydrogen) atoms. The molecule has 1 aliphatic carbocycles. The van der Waals surface area contributed by atoms with Crippen molar-refractivity contribution >= 4 is 17.7 Å². The van der Waals surface area contributed by atoms with Gasteiger partial charge in [0.15, 0.2) is 0 Å². The third-order valence-electron chi connectivity index (χ3n) is 4.44. The van der Waals surface area contributed by atoms with Crippen LogP contribution in [0, 0.1) is 0 Å². The number of amides is 2. The summed E-state index contributed by atoms with van der Waals surface area (Å²) in [6, 6.07) is 8.00. The van der Waals surface area contributed by atoms with Gasteiger partial charge in [0.25, 0.3) is 0 Å². The van der Waals surface area contributed by atoms with Gasteiger partial charge in [-0.2, -0.15) is 5.10 Å². The minimum atomic E-state index is -0.144. The number of rotatable bonds is 7. The number of aryl methyl sites for hydroxylation is 2. The van der Waals surface area contributed by atoms with Gasteiger partial charge in [-0.1, -0.05) is 26.0 Å². The van der Waals surface area contributed by atoms with Crippen molar-refractivity contribution in [3.05, 3.63) is 41.2 Å². The molecule has 0 bridgehead atoms. The van der Waals surface area contributed by atoms with Crippen molar-refractivity contribution in [1.82, 2.24) is 20.5 Å². The summed E-state index contributed by atoms with van der Waals surface area (Å²) in [6.07, 6.45) is 3.82. The Kier molecular flexibility index (Phi) is 5.65. The first-order chi connectivity index (χ1) is 12.6. The molecule has 1 atom stereocenters. The number of aromatic nitrogens is 3. The molecule has 1 fully saturated rings. The van der Waals surface area contributed by atoms with Gasteiger partial charge in [0.2, 0.25) is 5.95 Å². The smallest absolute Gasteiger partial charge is 0.319 e. The number of urea groups is 1. The van der Waals surface area contributed by atoms with Crippen LogP contribution in [0.1, 0.15) is 56.6 Å². The summed E-state index contributed by atoms with van der Waals surface area (Å²) in [5.41, 5.74) is 3.79. The molecule has 2 aromatic rings. The van der Waals surface area contributed by atoms with Crippen molar-refractivity contribution in [2.24, 2.45) is 0 Å². The number of hydrogen-bond donors (Lipinski definition) is 3. The Bertz CT molecular complexity index is 757. The number of nitrogens with one attached hydrogen (secondary N) is 3. The molecule has 1 aliphatic rings. The number of carbonyl (C=O) groups is 1. The van der Waals surface area contributed by atoms with E-state index < -0.39 is 0 Å². The van der Waals surface area contributed by atoms with Crippen LogP contribution in [0.3, 0.4) is 0 Å². The van der Waals surface area contributed by atoms with Crippen LogP contribution >= 0.6 is 0 Å². The summed E-state index contributed by atoms with van der Waals surface area (Å²) < 4.78 is 0. The number of carbonyl (C=O) groups excluding carboxylic acids is 1. The predicted octanol–water partition coefficient (Wildman–Crippen LogP) is 3.45. The van der Waals surface area contributed by atoms with E-state index in [1.54, 1.807) is 0 Å². The van der Waals surface area contributed by atoms with Crippen molar-refractivity contribution in [1.29, 1.82) is 0 Å². The molecule has 1 saturated carbocycles. The van der Waals surface area contributed by atoms with Gasteiger partial charge in [0.1, 0.15) is 0 Å². The second-order valence-corrected chi connectivity index (χ2v) is 6.60. The lowest BCUT2D eigenvalue weighted by atomic mass is 10.1. The van der Waals surface area contributed by atoms with Crippen molar-refractivity contribution in [2.45, 2.75) is 58.5 Å². The lowest BCUT2D eigenvalue weighted by Crippen LogP contribution is -2.30. The molecule has 3 N–H and O–H groups in total. The van der Waals surface area contributed by atoms with Crippen molar-refractivity contribution < 1.29 is 4.79 Å². The largest absolute Gasteiger partial charge is 0.346 e. The van der Waals surface area contributed by atoms with Gasteiger partial charge >= 0.3 is 6.03 Å². The topological polar surface area (TPSA) is 91.8 Å². The maximum Gasteiger partial charge on any atom is 0.319 e. The third kappa shape index (κ3) is 4.68. The van der Waals surface area contributed by atoms with Crippen LogP contribution in [0.4, 0.5) is 16.4 Å². The Hall–Kier alpha value is -2.70. The van der Waals surface area contributed by atoms with E-state index in [2.05, 4.69) is 45.0 Å².